The molecule has 1 fully saturated rings. The summed E-state index contributed by atoms with van der Waals surface area (Å²) < 4.78 is 33.5. The summed E-state index contributed by atoms with van der Waals surface area (Å²) in [5, 5.41) is 19.9. The average Bonchev–Trinajstić information content (AvgIpc) is 3.30. The highest BCUT2D eigenvalue weighted by Gasteiger charge is 2.25. The monoisotopic (exact) mass is 477 g/mol. The third-order valence-corrected chi connectivity index (χ3v) is 6.87. The van der Waals surface area contributed by atoms with E-state index in [9.17, 15) is 19.0 Å². The molecule has 6 heteroatoms. The van der Waals surface area contributed by atoms with Gasteiger partial charge in [-0.15, -0.1) is 0 Å². The van der Waals surface area contributed by atoms with E-state index in [1.54, 1.807) is 18.2 Å². The predicted octanol–water partition coefficient (Wildman–Crippen LogP) is 5.95. The van der Waals surface area contributed by atoms with Crippen LogP contribution < -0.4 is 4.74 Å². The molecule has 2 N–H and O–H groups in total. The number of nitrogens with zero attached hydrogens (tertiary/aromatic N) is 1. The topological polar surface area (TPSA) is 52.9 Å². The summed E-state index contributed by atoms with van der Waals surface area (Å²) in [6.45, 7) is 2.17. The second kappa shape index (κ2) is 10.1. The van der Waals surface area contributed by atoms with Gasteiger partial charge in [0.15, 0.2) is 0 Å². The summed E-state index contributed by atoms with van der Waals surface area (Å²) in [4.78, 5) is 2.23. The Morgan fingerprint density at radius 2 is 1.69 bits per heavy atom. The number of ether oxygens (including phenoxy) is 1. The number of hydrogen-bond acceptors (Lipinski definition) is 4. The third-order valence-electron chi connectivity index (χ3n) is 6.87. The zero-order valence-corrected chi connectivity index (χ0v) is 19.5. The summed E-state index contributed by atoms with van der Waals surface area (Å²) in [6.07, 6.45) is 2.92. The molecule has 35 heavy (non-hydrogen) atoms. The first-order chi connectivity index (χ1) is 17.0. The molecule has 0 saturated carbocycles. The molecule has 0 bridgehead atoms. The number of phenols is 2. The Morgan fingerprint density at radius 1 is 0.914 bits per heavy atom. The van der Waals surface area contributed by atoms with Crippen LogP contribution in [-0.2, 0) is 6.42 Å². The lowest BCUT2D eigenvalue weighted by Gasteiger charge is -2.25. The van der Waals surface area contributed by atoms with Crippen molar-refractivity contribution in [3.8, 4) is 17.2 Å². The molecular formula is C29H29F2NO3. The zero-order chi connectivity index (χ0) is 24.4. The van der Waals surface area contributed by atoms with E-state index in [-0.39, 0.29) is 24.3 Å². The van der Waals surface area contributed by atoms with Gasteiger partial charge in [-0.25, -0.2) is 4.39 Å². The van der Waals surface area contributed by atoms with Crippen molar-refractivity contribution in [1.82, 2.24) is 4.90 Å². The summed E-state index contributed by atoms with van der Waals surface area (Å²) >= 11 is 0. The van der Waals surface area contributed by atoms with Crippen LogP contribution in [0.15, 0.2) is 60.7 Å². The minimum Gasteiger partial charge on any atom is -0.508 e. The van der Waals surface area contributed by atoms with Crippen LogP contribution in [0.5, 0.6) is 17.2 Å². The van der Waals surface area contributed by atoms with E-state index in [1.807, 2.05) is 30.3 Å². The minimum absolute atomic E-state index is 0.0775. The molecule has 1 heterocycles. The number of halogens is 2. The fraction of sp³-hybridized carbons (Fsp3) is 0.310. The van der Waals surface area contributed by atoms with Gasteiger partial charge in [-0.2, -0.15) is 0 Å². The normalized spacial score (nSPS) is 18.1. The van der Waals surface area contributed by atoms with Crippen LogP contribution in [0, 0.1) is 5.82 Å². The maximum atomic E-state index is 14.9. The first-order valence-corrected chi connectivity index (χ1v) is 12.1. The Morgan fingerprint density at radius 3 is 2.46 bits per heavy atom. The van der Waals surface area contributed by atoms with Crippen molar-refractivity contribution in [2.75, 3.05) is 26.3 Å². The standard InChI is InChI=1S/C29H29F2NO3/c30-13-1-14-32-15-12-24(18-32)35-23-8-3-20(4-9-23)29-26(25-11-7-22(34)17-28(25)31)10-5-19-2-6-21(33)16-27(19)29/h2-4,6-9,11,16-17,24,33-34H,1,5,10,12-15,18H2/t24-/m0/s1. The van der Waals surface area contributed by atoms with Gasteiger partial charge in [0, 0.05) is 31.3 Å². The summed E-state index contributed by atoms with van der Waals surface area (Å²) in [6, 6.07) is 17.4. The molecule has 1 aliphatic heterocycles. The van der Waals surface area contributed by atoms with Crippen LogP contribution in [0.2, 0.25) is 0 Å². The first kappa shape index (κ1) is 23.4. The molecular weight excluding hydrogens is 448 g/mol. The Hall–Kier alpha value is -3.38. The Bertz CT molecular complexity index is 1240. The van der Waals surface area contributed by atoms with Crippen molar-refractivity contribution in [3.63, 3.8) is 0 Å². The smallest absolute Gasteiger partial charge is 0.134 e. The van der Waals surface area contributed by atoms with Gasteiger partial charge in [0.05, 0.1) is 6.67 Å². The summed E-state index contributed by atoms with van der Waals surface area (Å²) in [5.41, 5.74) is 5.05. The number of likely N-dealkylation sites (tertiary alicyclic amines) is 1. The Balaban J connectivity index is 1.47. The van der Waals surface area contributed by atoms with Gasteiger partial charge >= 0.3 is 0 Å². The second-order valence-electron chi connectivity index (χ2n) is 9.26. The largest absolute Gasteiger partial charge is 0.508 e. The van der Waals surface area contributed by atoms with Crippen molar-refractivity contribution in [2.45, 2.75) is 31.8 Å². The number of fused-ring (bicyclic) bond motifs is 1. The van der Waals surface area contributed by atoms with Gasteiger partial charge < -0.3 is 14.9 Å². The lowest BCUT2D eigenvalue weighted by Crippen LogP contribution is -2.26. The summed E-state index contributed by atoms with van der Waals surface area (Å²) in [7, 11) is 0. The molecule has 1 saturated heterocycles. The number of allylic oxidation sites excluding steroid dienone is 1. The number of aromatic hydroxyl groups is 2. The van der Waals surface area contributed by atoms with E-state index < -0.39 is 5.82 Å². The van der Waals surface area contributed by atoms with Crippen molar-refractivity contribution in [2.24, 2.45) is 0 Å². The number of rotatable bonds is 7. The van der Waals surface area contributed by atoms with E-state index in [4.69, 9.17) is 4.74 Å². The van der Waals surface area contributed by atoms with E-state index in [0.717, 1.165) is 72.1 Å². The van der Waals surface area contributed by atoms with Gasteiger partial charge in [0.1, 0.15) is 29.2 Å². The van der Waals surface area contributed by atoms with Crippen molar-refractivity contribution >= 4 is 11.1 Å². The number of benzene rings is 3. The second-order valence-corrected chi connectivity index (χ2v) is 9.26. The van der Waals surface area contributed by atoms with Gasteiger partial charge in [0.2, 0.25) is 0 Å². The lowest BCUT2D eigenvalue weighted by atomic mass is 9.79. The highest BCUT2D eigenvalue weighted by atomic mass is 19.1. The predicted molar refractivity (Wildman–Crippen MR) is 133 cm³/mol. The average molecular weight is 478 g/mol. The van der Waals surface area contributed by atoms with Crippen LogP contribution >= 0.6 is 0 Å². The molecule has 5 rings (SSSR count). The van der Waals surface area contributed by atoms with Crippen LogP contribution in [0.1, 0.15) is 41.5 Å². The van der Waals surface area contributed by atoms with Crippen molar-refractivity contribution in [1.29, 1.82) is 0 Å². The highest BCUT2D eigenvalue weighted by molar-refractivity contribution is 6.01. The fourth-order valence-electron chi connectivity index (χ4n) is 5.18. The third kappa shape index (κ3) is 5.03. The molecule has 182 valence electrons. The molecule has 2 aliphatic rings. The molecule has 1 atom stereocenters. The minimum atomic E-state index is -0.473. The number of hydrogen-bond donors (Lipinski definition) is 2. The van der Waals surface area contributed by atoms with Crippen molar-refractivity contribution < 1.29 is 23.7 Å². The van der Waals surface area contributed by atoms with E-state index in [0.29, 0.717) is 18.4 Å². The SMILES string of the molecule is Oc1ccc(C2=C(c3ccc(O[C@H]4CCN(CCCF)C4)cc3)c3cc(O)ccc3CC2)c(F)c1. The molecule has 4 nitrogen and oxygen atoms in total. The highest BCUT2D eigenvalue weighted by Crippen LogP contribution is 2.43. The van der Waals surface area contributed by atoms with E-state index in [2.05, 4.69) is 4.90 Å². The van der Waals surface area contributed by atoms with Gasteiger partial charge in [-0.05, 0) is 89.9 Å². The molecule has 0 aromatic heterocycles. The fourth-order valence-corrected chi connectivity index (χ4v) is 5.18. The van der Waals surface area contributed by atoms with E-state index >= 15 is 0 Å². The molecule has 0 amide bonds. The van der Waals surface area contributed by atoms with Gasteiger partial charge in [0.25, 0.3) is 0 Å². The molecule has 1 aliphatic carbocycles. The number of aryl methyl sites for hydroxylation is 1. The molecule has 0 unspecified atom stereocenters. The molecule has 0 radical (unpaired) electrons. The van der Waals surface area contributed by atoms with Crippen LogP contribution in [0.4, 0.5) is 8.78 Å². The van der Waals surface area contributed by atoms with Crippen LogP contribution in [0.3, 0.4) is 0 Å². The van der Waals surface area contributed by atoms with Gasteiger partial charge in [-0.1, -0.05) is 18.2 Å². The molecule has 0 spiro atoms. The zero-order valence-electron chi connectivity index (χ0n) is 19.5. The molecule has 3 aromatic rings. The lowest BCUT2D eigenvalue weighted by molar-refractivity contribution is 0.198. The maximum absolute atomic E-state index is 14.9. The Labute approximate surface area is 204 Å². The van der Waals surface area contributed by atoms with Crippen LogP contribution in [0.25, 0.3) is 11.1 Å². The quantitative estimate of drug-likeness (QED) is 0.441. The summed E-state index contributed by atoms with van der Waals surface area (Å²) in [5.74, 6) is 0.335. The number of phenolic OH excluding ortho intramolecular Hbond substituents is 2. The van der Waals surface area contributed by atoms with E-state index in [1.165, 1.54) is 6.07 Å². The maximum Gasteiger partial charge on any atom is 0.134 e. The first-order valence-electron chi connectivity index (χ1n) is 12.1. The van der Waals surface area contributed by atoms with Crippen molar-refractivity contribution in [3.05, 3.63) is 88.7 Å². The van der Waals surface area contributed by atoms with Gasteiger partial charge in [-0.3, -0.25) is 9.29 Å². The molecule has 3 aromatic carbocycles. The number of alkyl halides is 1. The Kier molecular flexibility index (Phi) is 6.73. The van der Waals surface area contributed by atoms with Crippen LogP contribution in [-0.4, -0.2) is 47.5 Å².